The van der Waals surface area contributed by atoms with E-state index in [1.54, 1.807) is 18.3 Å². The number of halogens is 1. The predicted molar refractivity (Wildman–Crippen MR) is 67.2 cm³/mol. The first-order chi connectivity index (χ1) is 8.61. The van der Waals surface area contributed by atoms with Gasteiger partial charge in [0.05, 0.1) is 18.0 Å². The first-order valence-corrected chi connectivity index (χ1v) is 5.82. The minimum Gasteiger partial charge on any atom is -0.341 e. The van der Waals surface area contributed by atoms with Gasteiger partial charge in [-0.15, -0.1) is 0 Å². The third-order valence-corrected chi connectivity index (χ3v) is 2.85. The molecular weight excluding hydrogens is 229 g/mol. The monoisotopic (exact) mass is 243 g/mol. The molecule has 1 aromatic carbocycles. The lowest BCUT2D eigenvalue weighted by molar-refractivity contribution is 0.566. The highest BCUT2D eigenvalue weighted by Crippen LogP contribution is 2.24. The summed E-state index contributed by atoms with van der Waals surface area (Å²) < 4.78 is 12.8. The zero-order chi connectivity index (χ0) is 13.1. The number of hydrogen-bond donors (Lipinski definition) is 1. The van der Waals surface area contributed by atoms with Gasteiger partial charge < -0.3 is 4.98 Å². The van der Waals surface area contributed by atoms with Crippen LogP contribution in [0.4, 0.5) is 4.39 Å². The predicted octanol–water partition coefficient (Wildman–Crippen LogP) is 3.48. The van der Waals surface area contributed by atoms with Gasteiger partial charge in [0.15, 0.2) is 0 Å². The smallest absolute Gasteiger partial charge is 0.124 e. The summed E-state index contributed by atoms with van der Waals surface area (Å²) in [6, 6.07) is 8.41. The van der Waals surface area contributed by atoms with Crippen molar-refractivity contribution < 1.29 is 4.39 Å². The molecule has 0 aliphatic carbocycles. The Morgan fingerprint density at radius 2 is 1.94 bits per heavy atom. The Hall–Kier alpha value is -2.15. The fourth-order valence-corrected chi connectivity index (χ4v) is 1.80. The summed E-state index contributed by atoms with van der Waals surface area (Å²) in [5, 5.41) is 9.11. The van der Waals surface area contributed by atoms with Crippen LogP contribution >= 0.6 is 0 Å². The Morgan fingerprint density at radius 1 is 1.28 bits per heavy atom. The lowest BCUT2D eigenvalue weighted by Crippen LogP contribution is -2.05. The zero-order valence-electron chi connectivity index (χ0n) is 10.3. The molecule has 3 nitrogen and oxygen atoms in total. The second-order valence-electron chi connectivity index (χ2n) is 4.54. The molecule has 18 heavy (non-hydrogen) atoms. The quantitative estimate of drug-likeness (QED) is 0.897. The van der Waals surface area contributed by atoms with E-state index in [2.05, 4.69) is 16.0 Å². The number of rotatable bonds is 3. The third-order valence-electron chi connectivity index (χ3n) is 2.85. The Kier molecular flexibility index (Phi) is 3.42. The van der Waals surface area contributed by atoms with Crippen LogP contribution in [0.1, 0.15) is 25.6 Å². The molecule has 0 saturated carbocycles. The molecule has 1 heterocycles. The maximum absolute atomic E-state index is 12.8. The SMILES string of the molecule is CC(C)C(C#N)c1ncc(-c2ccc(F)cc2)[nH]1. The van der Waals surface area contributed by atoms with E-state index < -0.39 is 0 Å². The van der Waals surface area contributed by atoms with Crippen LogP contribution in [-0.2, 0) is 0 Å². The normalized spacial score (nSPS) is 12.4. The molecular formula is C14H14FN3. The van der Waals surface area contributed by atoms with E-state index in [9.17, 15) is 4.39 Å². The lowest BCUT2D eigenvalue weighted by Gasteiger charge is -2.09. The van der Waals surface area contributed by atoms with E-state index in [4.69, 9.17) is 5.26 Å². The van der Waals surface area contributed by atoms with Crippen molar-refractivity contribution in [3.8, 4) is 17.3 Å². The lowest BCUT2D eigenvalue weighted by atomic mass is 9.97. The molecule has 1 aromatic heterocycles. The molecule has 4 heteroatoms. The molecule has 2 aromatic rings. The molecule has 0 aliphatic rings. The maximum atomic E-state index is 12.8. The Labute approximate surface area is 105 Å². The molecule has 0 radical (unpaired) electrons. The summed E-state index contributed by atoms with van der Waals surface area (Å²) in [5.74, 6) is 0.337. The number of imidazole rings is 1. The Bertz CT molecular complexity index is 563. The number of nitriles is 1. The first kappa shape index (κ1) is 12.3. The van der Waals surface area contributed by atoms with Crippen LogP contribution in [0.5, 0.6) is 0 Å². The van der Waals surface area contributed by atoms with E-state index in [0.29, 0.717) is 5.82 Å². The second-order valence-corrected chi connectivity index (χ2v) is 4.54. The van der Waals surface area contributed by atoms with Crippen LogP contribution in [0.3, 0.4) is 0 Å². The van der Waals surface area contributed by atoms with Gasteiger partial charge in [0, 0.05) is 0 Å². The summed E-state index contributed by atoms with van der Waals surface area (Å²) in [6.45, 7) is 3.96. The van der Waals surface area contributed by atoms with Gasteiger partial charge in [-0.1, -0.05) is 13.8 Å². The molecule has 1 N–H and O–H groups in total. The summed E-state index contributed by atoms with van der Waals surface area (Å²) >= 11 is 0. The fourth-order valence-electron chi connectivity index (χ4n) is 1.80. The van der Waals surface area contributed by atoms with Gasteiger partial charge in [-0.25, -0.2) is 9.37 Å². The van der Waals surface area contributed by atoms with Crippen molar-refractivity contribution >= 4 is 0 Å². The molecule has 2 rings (SSSR count). The topological polar surface area (TPSA) is 52.5 Å². The molecule has 0 saturated heterocycles. The number of nitrogens with zero attached hydrogens (tertiary/aromatic N) is 2. The van der Waals surface area contributed by atoms with Crippen LogP contribution in [0.25, 0.3) is 11.3 Å². The fraction of sp³-hybridized carbons (Fsp3) is 0.286. The molecule has 0 fully saturated rings. The number of aromatic nitrogens is 2. The molecule has 0 aliphatic heterocycles. The van der Waals surface area contributed by atoms with Gasteiger partial charge in [0.25, 0.3) is 0 Å². The van der Waals surface area contributed by atoms with Gasteiger partial charge in [-0.2, -0.15) is 5.26 Å². The van der Waals surface area contributed by atoms with Gasteiger partial charge in [-0.3, -0.25) is 0 Å². The van der Waals surface area contributed by atoms with Crippen LogP contribution in [0, 0.1) is 23.1 Å². The van der Waals surface area contributed by atoms with Crippen molar-refractivity contribution in [2.75, 3.05) is 0 Å². The van der Waals surface area contributed by atoms with Crippen LogP contribution in [-0.4, -0.2) is 9.97 Å². The average molecular weight is 243 g/mol. The van der Waals surface area contributed by atoms with Crippen molar-refractivity contribution in [3.63, 3.8) is 0 Å². The van der Waals surface area contributed by atoms with Gasteiger partial charge >= 0.3 is 0 Å². The molecule has 92 valence electrons. The largest absolute Gasteiger partial charge is 0.341 e. The molecule has 0 spiro atoms. The minimum atomic E-state index is -0.268. The standard InChI is InChI=1S/C14H14FN3/c1-9(2)12(7-16)14-17-8-13(18-14)10-3-5-11(15)6-4-10/h3-6,8-9,12H,1-2H3,(H,17,18). The maximum Gasteiger partial charge on any atom is 0.124 e. The number of H-pyrrole nitrogens is 1. The van der Waals surface area contributed by atoms with E-state index in [0.717, 1.165) is 11.3 Å². The van der Waals surface area contributed by atoms with Crippen LogP contribution in [0.15, 0.2) is 30.5 Å². The average Bonchev–Trinajstić information content (AvgIpc) is 2.80. The number of hydrogen-bond acceptors (Lipinski definition) is 2. The molecule has 0 amide bonds. The van der Waals surface area contributed by atoms with E-state index >= 15 is 0 Å². The van der Waals surface area contributed by atoms with E-state index in [-0.39, 0.29) is 17.7 Å². The molecule has 1 atom stereocenters. The van der Waals surface area contributed by atoms with Crippen LogP contribution in [0.2, 0.25) is 0 Å². The number of nitrogens with one attached hydrogen (secondary N) is 1. The van der Waals surface area contributed by atoms with Gasteiger partial charge in [0.1, 0.15) is 17.6 Å². The number of aromatic amines is 1. The van der Waals surface area contributed by atoms with Crippen molar-refractivity contribution in [1.82, 2.24) is 9.97 Å². The van der Waals surface area contributed by atoms with Gasteiger partial charge in [0.2, 0.25) is 0 Å². The summed E-state index contributed by atoms with van der Waals surface area (Å²) in [4.78, 5) is 7.36. The summed E-state index contributed by atoms with van der Waals surface area (Å²) in [5.41, 5.74) is 1.65. The first-order valence-electron chi connectivity index (χ1n) is 5.82. The third kappa shape index (κ3) is 2.40. The van der Waals surface area contributed by atoms with Gasteiger partial charge in [-0.05, 0) is 35.7 Å². The van der Waals surface area contributed by atoms with Crippen molar-refractivity contribution in [2.24, 2.45) is 5.92 Å². The van der Waals surface area contributed by atoms with Crippen molar-refractivity contribution in [1.29, 1.82) is 5.26 Å². The van der Waals surface area contributed by atoms with Crippen molar-refractivity contribution in [3.05, 3.63) is 42.1 Å². The van der Waals surface area contributed by atoms with E-state index in [1.165, 1.54) is 12.1 Å². The molecule has 0 bridgehead atoms. The summed E-state index contributed by atoms with van der Waals surface area (Å²) in [6.07, 6.45) is 1.68. The van der Waals surface area contributed by atoms with Crippen LogP contribution < -0.4 is 0 Å². The Morgan fingerprint density at radius 3 is 2.50 bits per heavy atom. The number of benzene rings is 1. The minimum absolute atomic E-state index is 0.196. The zero-order valence-corrected chi connectivity index (χ0v) is 10.3. The molecule has 1 unspecified atom stereocenters. The summed E-state index contributed by atoms with van der Waals surface area (Å²) in [7, 11) is 0. The highest BCUT2D eigenvalue weighted by atomic mass is 19.1. The highest BCUT2D eigenvalue weighted by Gasteiger charge is 2.18. The van der Waals surface area contributed by atoms with Crippen molar-refractivity contribution in [2.45, 2.75) is 19.8 Å². The highest BCUT2D eigenvalue weighted by molar-refractivity contribution is 5.58. The second kappa shape index (κ2) is 5.01. The Balaban J connectivity index is 2.31. The van der Waals surface area contributed by atoms with E-state index in [1.807, 2.05) is 13.8 Å².